The van der Waals surface area contributed by atoms with Crippen LogP contribution in [0.25, 0.3) is 0 Å². The Labute approximate surface area is 124 Å². The highest BCUT2D eigenvalue weighted by atomic mass is 16.5. The average Bonchev–Trinajstić information content (AvgIpc) is 2.51. The number of nitrogens with one attached hydrogen (secondary N) is 1. The maximum absolute atomic E-state index is 11.7. The monoisotopic (exact) mass is 285 g/mol. The molecule has 1 N–H and O–H groups in total. The first-order valence-electron chi connectivity index (χ1n) is 6.76. The molecule has 0 aromatic heterocycles. The molecule has 0 aliphatic heterocycles. The van der Waals surface area contributed by atoms with Gasteiger partial charge in [-0.2, -0.15) is 0 Å². The zero-order chi connectivity index (χ0) is 15.1. The van der Waals surface area contributed by atoms with Crippen LogP contribution in [0.3, 0.4) is 0 Å². The third-order valence-electron chi connectivity index (χ3n) is 3.00. The van der Waals surface area contributed by atoms with E-state index in [2.05, 4.69) is 5.32 Å². The molecule has 2 aromatic rings. The second-order valence-corrected chi connectivity index (χ2v) is 4.73. The van der Waals surface area contributed by atoms with Gasteiger partial charge in [-0.1, -0.05) is 29.8 Å². The molecule has 0 unspecified atom stereocenters. The molecule has 21 heavy (non-hydrogen) atoms. The Morgan fingerprint density at radius 2 is 1.81 bits per heavy atom. The number of aryl methyl sites for hydroxylation is 1. The van der Waals surface area contributed by atoms with E-state index in [1.807, 2.05) is 31.2 Å². The molecule has 110 valence electrons. The third-order valence-corrected chi connectivity index (χ3v) is 3.00. The summed E-state index contributed by atoms with van der Waals surface area (Å²) in [5.74, 6) is 1.25. The Balaban J connectivity index is 1.76. The molecule has 0 spiro atoms. The largest absolute Gasteiger partial charge is 0.497 e. The van der Waals surface area contributed by atoms with Gasteiger partial charge in [-0.3, -0.25) is 4.79 Å². The van der Waals surface area contributed by atoms with Crippen molar-refractivity contribution in [2.24, 2.45) is 0 Å². The quantitative estimate of drug-likeness (QED) is 0.887. The van der Waals surface area contributed by atoms with E-state index in [4.69, 9.17) is 9.47 Å². The summed E-state index contributed by atoms with van der Waals surface area (Å²) in [4.78, 5) is 11.7. The van der Waals surface area contributed by atoms with Crippen LogP contribution in [-0.2, 0) is 11.3 Å². The number of benzene rings is 2. The van der Waals surface area contributed by atoms with Gasteiger partial charge in [0.05, 0.1) is 7.11 Å². The summed E-state index contributed by atoms with van der Waals surface area (Å²) in [5.41, 5.74) is 2.25. The van der Waals surface area contributed by atoms with E-state index in [0.29, 0.717) is 12.3 Å². The predicted octanol–water partition coefficient (Wildman–Crippen LogP) is 2.70. The number of hydrogen-bond acceptors (Lipinski definition) is 3. The van der Waals surface area contributed by atoms with E-state index < -0.39 is 0 Å². The normalized spacial score (nSPS) is 10.0. The molecule has 0 saturated carbocycles. The van der Waals surface area contributed by atoms with Crippen molar-refractivity contribution < 1.29 is 14.3 Å². The first kappa shape index (κ1) is 14.9. The molecule has 0 saturated heterocycles. The van der Waals surface area contributed by atoms with Crippen LogP contribution in [0.4, 0.5) is 0 Å². The van der Waals surface area contributed by atoms with Gasteiger partial charge in [-0.25, -0.2) is 0 Å². The van der Waals surface area contributed by atoms with Crippen molar-refractivity contribution in [2.75, 3.05) is 13.7 Å². The van der Waals surface area contributed by atoms with Gasteiger partial charge in [0, 0.05) is 6.54 Å². The van der Waals surface area contributed by atoms with Crippen molar-refractivity contribution in [3.8, 4) is 11.5 Å². The van der Waals surface area contributed by atoms with Crippen LogP contribution in [-0.4, -0.2) is 19.6 Å². The van der Waals surface area contributed by atoms with Gasteiger partial charge < -0.3 is 14.8 Å². The summed E-state index contributed by atoms with van der Waals surface area (Å²) in [6.45, 7) is 2.53. The first-order valence-corrected chi connectivity index (χ1v) is 6.76. The van der Waals surface area contributed by atoms with Crippen molar-refractivity contribution in [2.45, 2.75) is 13.5 Å². The van der Waals surface area contributed by atoms with Gasteiger partial charge >= 0.3 is 0 Å². The SMILES string of the molecule is COc1ccc(OCC(=O)NCc2cccc(C)c2)cc1. The third kappa shape index (κ3) is 4.84. The lowest BCUT2D eigenvalue weighted by Gasteiger charge is -2.08. The van der Waals surface area contributed by atoms with Crippen molar-refractivity contribution in [3.63, 3.8) is 0 Å². The van der Waals surface area contributed by atoms with Crippen LogP contribution < -0.4 is 14.8 Å². The maximum Gasteiger partial charge on any atom is 0.258 e. The number of hydrogen-bond donors (Lipinski definition) is 1. The smallest absolute Gasteiger partial charge is 0.258 e. The summed E-state index contributed by atoms with van der Waals surface area (Å²) in [7, 11) is 1.61. The summed E-state index contributed by atoms with van der Waals surface area (Å²) in [6, 6.07) is 15.2. The number of carbonyl (C=O) groups is 1. The Morgan fingerprint density at radius 1 is 1.10 bits per heavy atom. The Morgan fingerprint density at radius 3 is 2.48 bits per heavy atom. The van der Waals surface area contributed by atoms with E-state index in [9.17, 15) is 4.79 Å². The molecule has 4 heteroatoms. The van der Waals surface area contributed by atoms with Gasteiger partial charge in [0.1, 0.15) is 11.5 Å². The van der Waals surface area contributed by atoms with E-state index in [-0.39, 0.29) is 12.5 Å². The molecule has 2 aromatic carbocycles. The second kappa shape index (κ2) is 7.33. The van der Waals surface area contributed by atoms with Crippen molar-refractivity contribution in [1.82, 2.24) is 5.32 Å². The Hall–Kier alpha value is -2.49. The molecule has 2 rings (SSSR count). The second-order valence-electron chi connectivity index (χ2n) is 4.73. The van der Waals surface area contributed by atoms with E-state index in [1.54, 1.807) is 31.4 Å². The van der Waals surface area contributed by atoms with E-state index >= 15 is 0 Å². The zero-order valence-electron chi connectivity index (χ0n) is 12.3. The van der Waals surface area contributed by atoms with Crippen LogP contribution in [0.15, 0.2) is 48.5 Å². The average molecular weight is 285 g/mol. The minimum absolute atomic E-state index is 0.00184. The maximum atomic E-state index is 11.7. The molecule has 0 bridgehead atoms. The van der Waals surface area contributed by atoms with Gasteiger partial charge in [0.2, 0.25) is 0 Å². The van der Waals surface area contributed by atoms with Gasteiger partial charge in [-0.15, -0.1) is 0 Å². The summed E-state index contributed by atoms with van der Waals surface area (Å²) in [5, 5.41) is 2.83. The topological polar surface area (TPSA) is 47.6 Å². The fourth-order valence-corrected chi connectivity index (χ4v) is 1.89. The van der Waals surface area contributed by atoms with Crippen molar-refractivity contribution in [1.29, 1.82) is 0 Å². The van der Waals surface area contributed by atoms with Crippen molar-refractivity contribution in [3.05, 3.63) is 59.7 Å². The molecular formula is C17H19NO3. The molecule has 1 amide bonds. The van der Waals surface area contributed by atoms with Crippen molar-refractivity contribution >= 4 is 5.91 Å². The predicted molar refractivity (Wildman–Crippen MR) is 81.5 cm³/mol. The molecule has 0 heterocycles. The minimum Gasteiger partial charge on any atom is -0.497 e. The molecule has 0 aliphatic carbocycles. The molecule has 4 nitrogen and oxygen atoms in total. The van der Waals surface area contributed by atoms with Crippen LogP contribution in [0, 0.1) is 6.92 Å². The van der Waals surface area contributed by atoms with E-state index in [1.165, 1.54) is 5.56 Å². The molecular weight excluding hydrogens is 266 g/mol. The molecule has 0 radical (unpaired) electrons. The zero-order valence-corrected chi connectivity index (χ0v) is 12.3. The lowest BCUT2D eigenvalue weighted by Crippen LogP contribution is -2.28. The first-order chi connectivity index (χ1) is 10.2. The van der Waals surface area contributed by atoms with E-state index in [0.717, 1.165) is 11.3 Å². The lowest BCUT2D eigenvalue weighted by atomic mass is 10.1. The number of amides is 1. The van der Waals surface area contributed by atoms with Crippen LogP contribution in [0.1, 0.15) is 11.1 Å². The number of rotatable bonds is 6. The van der Waals surface area contributed by atoms with Crippen LogP contribution in [0.5, 0.6) is 11.5 Å². The number of carbonyl (C=O) groups excluding carboxylic acids is 1. The highest BCUT2D eigenvalue weighted by Crippen LogP contribution is 2.16. The minimum atomic E-state index is -0.146. The van der Waals surface area contributed by atoms with Crippen LogP contribution >= 0.6 is 0 Å². The summed E-state index contributed by atoms with van der Waals surface area (Å²) < 4.78 is 10.5. The van der Waals surface area contributed by atoms with Gasteiger partial charge in [-0.05, 0) is 36.8 Å². The summed E-state index contributed by atoms with van der Waals surface area (Å²) in [6.07, 6.45) is 0. The standard InChI is InChI=1S/C17H19NO3/c1-13-4-3-5-14(10-13)11-18-17(19)12-21-16-8-6-15(20-2)7-9-16/h3-10H,11-12H2,1-2H3,(H,18,19). The molecule has 0 fully saturated rings. The lowest BCUT2D eigenvalue weighted by molar-refractivity contribution is -0.123. The summed E-state index contributed by atoms with van der Waals surface area (Å²) >= 11 is 0. The Bertz CT molecular complexity index is 593. The molecule has 0 aliphatic rings. The number of ether oxygens (including phenoxy) is 2. The highest BCUT2D eigenvalue weighted by Gasteiger charge is 2.03. The fraction of sp³-hybridized carbons (Fsp3) is 0.235. The number of methoxy groups -OCH3 is 1. The fourth-order valence-electron chi connectivity index (χ4n) is 1.89. The molecule has 0 atom stereocenters. The van der Waals surface area contributed by atoms with Gasteiger partial charge in [0.25, 0.3) is 5.91 Å². The Kier molecular flexibility index (Phi) is 5.21. The van der Waals surface area contributed by atoms with Gasteiger partial charge in [0.15, 0.2) is 6.61 Å². The van der Waals surface area contributed by atoms with Crippen LogP contribution in [0.2, 0.25) is 0 Å². The highest BCUT2D eigenvalue weighted by molar-refractivity contribution is 5.77.